The summed E-state index contributed by atoms with van der Waals surface area (Å²) in [7, 11) is 0. The molecule has 3 nitrogen and oxygen atoms in total. The van der Waals surface area contributed by atoms with Crippen LogP contribution in [0.4, 0.5) is 5.69 Å². The largest absolute Gasteiger partial charge is 0.378 e. The van der Waals surface area contributed by atoms with E-state index in [1.165, 1.54) is 11.3 Å². The number of aromatic nitrogens is 2. The summed E-state index contributed by atoms with van der Waals surface area (Å²) in [6.07, 6.45) is 4.88. The third-order valence-electron chi connectivity index (χ3n) is 3.03. The first-order chi connectivity index (χ1) is 8.74. The van der Waals surface area contributed by atoms with Crippen molar-refractivity contribution >= 4 is 21.6 Å². The zero-order chi connectivity index (χ0) is 13.0. The second-order valence-corrected chi connectivity index (χ2v) is 5.05. The van der Waals surface area contributed by atoms with Gasteiger partial charge >= 0.3 is 0 Å². The predicted octanol–water partition coefficient (Wildman–Crippen LogP) is 3.84. The number of halogens is 1. The van der Waals surface area contributed by atoms with Crippen molar-refractivity contribution in [2.45, 2.75) is 33.4 Å². The first-order valence-electron chi connectivity index (χ1n) is 6.27. The molecule has 4 heteroatoms. The smallest absolute Gasteiger partial charge is 0.128 e. The van der Waals surface area contributed by atoms with Crippen molar-refractivity contribution in [2.75, 3.05) is 5.32 Å². The van der Waals surface area contributed by atoms with Crippen LogP contribution in [0.1, 0.15) is 25.2 Å². The monoisotopic (exact) mass is 307 g/mol. The van der Waals surface area contributed by atoms with E-state index in [2.05, 4.69) is 62.8 Å². The van der Waals surface area contributed by atoms with Crippen LogP contribution in [0.3, 0.4) is 0 Å². The minimum absolute atomic E-state index is 0.759. The molecule has 0 fully saturated rings. The molecule has 1 aromatic heterocycles. The molecule has 0 saturated carbocycles. The number of imidazole rings is 1. The molecule has 0 radical (unpaired) electrons. The Kier molecular flexibility index (Phi) is 4.42. The third kappa shape index (κ3) is 2.93. The van der Waals surface area contributed by atoms with Crippen LogP contribution in [0.15, 0.2) is 35.1 Å². The highest BCUT2D eigenvalue weighted by Crippen LogP contribution is 2.22. The van der Waals surface area contributed by atoms with Crippen molar-refractivity contribution in [1.82, 2.24) is 9.55 Å². The van der Waals surface area contributed by atoms with Crippen molar-refractivity contribution in [2.24, 2.45) is 0 Å². The Labute approximate surface area is 116 Å². The van der Waals surface area contributed by atoms with E-state index in [0.717, 1.165) is 29.8 Å². The second kappa shape index (κ2) is 6.05. The van der Waals surface area contributed by atoms with Crippen LogP contribution in [0.25, 0.3) is 0 Å². The Morgan fingerprint density at radius 3 is 2.89 bits per heavy atom. The van der Waals surface area contributed by atoms with E-state index in [1.807, 2.05) is 12.4 Å². The maximum Gasteiger partial charge on any atom is 0.128 e. The first-order valence-corrected chi connectivity index (χ1v) is 7.06. The van der Waals surface area contributed by atoms with Crippen molar-refractivity contribution in [3.63, 3.8) is 0 Å². The van der Waals surface area contributed by atoms with Crippen LogP contribution in [0.2, 0.25) is 0 Å². The molecular weight excluding hydrogens is 290 g/mol. The van der Waals surface area contributed by atoms with Crippen LogP contribution in [-0.4, -0.2) is 9.55 Å². The van der Waals surface area contributed by atoms with Gasteiger partial charge in [-0.1, -0.05) is 22.9 Å². The van der Waals surface area contributed by atoms with Gasteiger partial charge in [-0.2, -0.15) is 0 Å². The molecular formula is C14H18BrN3. The fourth-order valence-corrected chi connectivity index (χ4v) is 2.41. The molecule has 0 spiro atoms. The molecule has 2 rings (SSSR count). The minimum atomic E-state index is 0.759. The molecule has 96 valence electrons. The van der Waals surface area contributed by atoms with E-state index >= 15 is 0 Å². The van der Waals surface area contributed by atoms with Gasteiger partial charge in [0.2, 0.25) is 0 Å². The SMILES string of the molecule is CCc1cc(Br)ccc1NCc1nccn1CC. The summed E-state index contributed by atoms with van der Waals surface area (Å²) in [5, 5.41) is 3.46. The lowest BCUT2D eigenvalue weighted by molar-refractivity contribution is 0.708. The van der Waals surface area contributed by atoms with Crippen LogP contribution in [0.5, 0.6) is 0 Å². The summed E-state index contributed by atoms with van der Waals surface area (Å²) >= 11 is 3.51. The number of benzene rings is 1. The van der Waals surface area contributed by atoms with Crippen molar-refractivity contribution in [3.05, 3.63) is 46.5 Å². The van der Waals surface area contributed by atoms with E-state index in [1.54, 1.807) is 0 Å². The number of anilines is 1. The van der Waals surface area contributed by atoms with Crippen molar-refractivity contribution in [3.8, 4) is 0 Å². The van der Waals surface area contributed by atoms with Gasteiger partial charge in [0.05, 0.1) is 6.54 Å². The number of nitrogens with one attached hydrogen (secondary N) is 1. The van der Waals surface area contributed by atoms with E-state index in [0.29, 0.717) is 0 Å². The summed E-state index contributed by atoms with van der Waals surface area (Å²) in [5.41, 5.74) is 2.50. The first kappa shape index (κ1) is 13.1. The molecule has 1 N–H and O–H groups in total. The number of hydrogen-bond acceptors (Lipinski definition) is 2. The Morgan fingerprint density at radius 2 is 2.17 bits per heavy atom. The van der Waals surface area contributed by atoms with Gasteiger partial charge in [-0.25, -0.2) is 4.98 Å². The zero-order valence-corrected chi connectivity index (χ0v) is 12.4. The number of rotatable bonds is 5. The molecule has 0 aliphatic heterocycles. The van der Waals surface area contributed by atoms with Gasteiger partial charge in [0.15, 0.2) is 0 Å². The molecule has 0 atom stereocenters. The fourth-order valence-electron chi connectivity index (χ4n) is 2.00. The zero-order valence-electron chi connectivity index (χ0n) is 10.8. The molecule has 2 aromatic rings. The molecule has 0 amide bonds. The summed E-state index contributed by atoms with van der Waals surface area (Å²) in [4.78, 5) is 4.37. The summed E-state index contributed by atoms with van der Waals surface area (Å²) in [6.45, 7) is 6.01. The maximum atomic E-state index is 4.37. The lowest BCUT2D eigenvalue weighted by Crippen LogP contribution is -2.08. The number of aryl methyl sites for hydroxylation is 2. The van der Waals surface area contributed by atoms with E-state index in [-0.39, 0.29) is 0 Å². The highest BCUT2D eigenvalue weighted by atomic mass is 79.9. The second-order valence-electron chi connectivity index (χ2n) is 4.14. The number of nitrogens with zero attached hydrogens (tertiary/aromatic N) is 2. The topological polar surface area (TPSA) is 29.9 Å². The van der Waals surface area contributed by atoms with Gasteiger partial charge in [0.1, 0.15) is 5.82 Å². The van der Waals surface area contributed by atoms with E-state index in [4.69, 9.17) is 0 Å². The van der Waals surface area contributed by atoms with E-state index in [9.17, 15) is 0 Å². The van der Waals surface area contributed by atoms with Crippen LogP contribution in [-0.2, 0) is 19.5 Å². The van der Waals surface area contributed by atoms with Crippen molar-refractivity contribution in [1.29, 1.82) is 0 Å². The predicted molar refractivity (Wildman–Crippen MR) is 78.7 cm³/mol. The Bertz CT molecular complexity index is 520. The van der Waals surface area contributed by atoms with Gasteiger partial charge < -0.3 is 9.88 Å². The van der Waals surface area contributed by atoms with Crippen LogP contribution in [0, 0.1) is 0 Å². The molecule has 0 bridgehead atoms. The maximum absolute atomic E-state index is 4.37. The summed E-state index contributed by atoms with van der Waals surface area (Å²) in [6, 6.07) is 6.34. The third-order valence-corrected chi connectivity index (χ3v) is 3.52. The molecule has 0 saturated heterocycles. The molecule has 0 aliphatic carbocycles. The number of hydrogen-bond donors (Lipinski definition) is 1. The van der Waals surface area contributed by atoms with Crippen LogP contribution >= 0.6 is 15.9 Å². The Hall–Kier alpha value is -1.29. The molecule has 1 aromatic carbocycles. The molecule has 0 aliphatic rings. The summed E-state index contributed by atoms with van der Waals surface area (Å²) in [5.74, 6) is 1.07. The lowest BCUT2D eigenvalue weighted by atomic mass is 10.1. The van der Waals surface area contributed by atoms with Gasteiger partial charge in [-0.15, -0.1) is 0 Å². The van der Waals surface area contributed by atoms with Gasteiger partial charge in [-0.05, 0) is 37.1 Å². The highest BCUT2D eigenvalue weighted by Gasteiger charge is 2.04. The lowest BCUT2D eigenvalue weighted by Gasteiger charge is -2.12. The summed E-state index contributed by atoms with van der Waals surface area (Å²) < 4.78 is 3.28. The fraction of sp³-hybridized carbons (Fsp3) is 0.357. The van der Waals surface area contributed by atoms with Crippen LogP contribution < -0.4 is 5.32 Å². The highest BCUT2D eigenvalue weighted by molar-refractivity contribution is 9.10. The Balaban J connectivity index is 2.10. The van der Waals surface area contributed by atoms with Gasteiger partial charge in [0, 0.05) is 29.1 Å². The Morgan fingerprint density at radius 1 is 1.33 bits per heavy atom. The minimum Gasteiger partial charge on any atom is -0.378 e. The molecule has 0 unspecified atom stereocenters. The van der Waals surface area contributed by atoms with E-state index < -0.39 is 0 Å². The van der Waals surface area contributed by atoms with Gasteiger partial charge in [-0.3, -0.25) is 0 Å². The van der Waals surface area contributed by atoms with Gasteiger partial charge in [0.25, 0.3) is 0 Å². The van der Waals surface area contributed by atoms with Crippen molar-refractivity contribution < 1.29 is 0 Å². The molecule has 1 heterocycles. The quantitative estimate of drug-likeness (QED) is 0.909. The normalized spacial score (nSPS) is 10.6. The average molecular weight is 308 g/mol. The molecule has 18 heavy (non-hydrogen) atoms. The average Bonchev–Trinajstić information content (AvgIpc) is 2.84. The standard InChI is InChI=1S/C14H18BrN3/c1-3-11-9-12(15)5-6-13(11)17-10-14-16-7-8-18(14)4-2/h5-9,17H,3-4,10H2,1-2H3.